The molecular formula is C20H14ClN3OS2. The van der Waals surface area contributed by atoms with Crippen molar-refractivity contribution in [1.82, 2.24) is 9.97 Å². The molecule has 0 fully saturated rings. The van der Waals surface area contributed by atoms with Gasteiger partial charge in [0, 0.05) is 24.2 Å². The topological polar surface area (TPSA) is 54.9 Å². The summed E-state index contributed by atoms with van der Waals surface area (Å²) < 4.78 is 0. The van der Waals surface area contributed by atoms with Crippen molar-refractivity contribution in [2.75, 3.05) is 5.32 Å². The van der Waals surface area contributed by atoms with Crippen LogP contribution in [0.1, 0.15) is 17.0 Å². The van der Waals surface area contributed by atoms with E-state index >= 15 is 0 Å². The molecule has 0 bridgehead atoms. The first-order valence-corrected chi connectivity index (χ1v) is 10.3. The first-order valence-electron chi connectivity index (χ1n) is 8.15. The van der Waals surface area contributed by atoms with Crippen LogP contribution in [0.15, 0.2) is 71.8 Å². The number of benzene rings is 1. The van der Waals surface area contributed by atoms with Crippen LogP contribution < -0.4 is 5.32 Å². The number of thiophene rings is 1. The number of thiazole rings is 1. The van der Waals surface area contributed by atoms with E-state index in [1.54, 1.807) is 29.9 Å². The molecule has 1 atom stereocenters. The summed E-state index contributed by atoms with van der Waals surface area (Å²) in [5.74, 6) is -0.484. The summed E-state index contributed by atoms with van der Waals surface area (Å²) in [7, 11) is 0. The van der Waals surface area contributed by atoms with Crippen LogP contribution in [0, 0.1) is 0 Å². The number of hydrogen-bond donors (Lipinski definition) is 1. The van der Waals surface area contributed by atoms with Crippen LogP contribution in [0.5, 0.6) is 0 Å². The number of carbonyl (C=O) groups excluding carboxylic acids is 1. The Hall–Kier alpha value is -2.54. The molecule has 0 saturated heterocycles. The van der Waals surface area contributed by atoms with E-state index in [9.17, 15) is 4.79 Å². The molecule has 3 heterocycles. The van der Waals surface area contributed by atoms with Crippen molar-refractivity contribution >= 4 is 45.3 Å². The molecule has 4 rings (SSSR count). The summed E-state index contributed by atoms with van der Waals surface area (Å²) in [5, 5.41) is 8.04. The van der Waals surface area contributed by atoms with E-state index in [1.807, 2.05) is 53.2 Å². The van der Waals surface area contributed by atoms with E-state index in [1.165, 1.54) is 11.3 Å². The lowest BCUT2D eigenvalue weighted by atomic mass is 9.92. The van der Waals surface area contributed by atoms with E-state index in [2.05, 4.69) is 15.3 Å². The SMILES string of the molecule is O=C(Nc1ncc(-c2cncc(Cl)c2)s1)C(c1ccccc1)c1ccsc1. The molecule has 3 aromatic heterocycles. The van der Waals surface area contributed by atoms with Gasteiger partial charge in [0.1, 0.15) is 0 Å². The second kappa shape index (κ2) is 8.00. The highest BCUT2D eigenvalue weighted by atomic mass is 35.5. The summed E-state index contributed by atoms with van der Waals surface area (Å²) >= 11 is 8.98. The fourth-order valence-electron chi connectivity index (χ4n) is 2.77. The van der Waals surface area contributed by atoms with Gasteiger partial charge in [-0.2, -0.15) is 11.3 Å². The van der Waals surface area contributed by atoms with E-state index < -0.39 is 0 Å². The van der Waals surface area contributed by atoms with Crippen LogP contribution in [0.4, 0.5) is 5.13 Å². The summed E-state index contributed by atoms with van der Waals surface area (Å²) in [5.41, 5.74) is 2.79. The number of amides is 1. The van der Waals surface area contributed by atoms with E-state index in [0.29, 0.717) is 10.2 Å². The average Bonchev–Trinajstić information content (AvgIpc) is 3.35. The van der Waals surface area contributed by atoms with Crippen molar-refractivity contribution in [1.29, 1.82) is 0 Å². The fourth-order valence-corrected chi connectivity index (χ4v) is 4.43. The molecule has 1 aromatic carbocycles. The molecule has 0 saturated carbocycles. The highest BCUT2D eigenvalue weighted by Crippen LogP contribution is 2.32. The van der Waals surface area contributed by atoms with Gasteiger partial charge in [-0.05, 0) is 34.0 Å². The van der Waals surface area contributed by atoms with Gasteiger partial charge in [-0.25, -0.2) is 4.98 Å². The number of nitrogens with one attached hydrogen (secondary N) is 1. The smallest absolute Gasteiger partial charge is 0.238 e. The molecule has 4 aromatic rings. The second-order valence-corrected chi connectivity index (χ2v) is 8.06. The van der Waals surface area contributed by atoms with Crippen molar-refractivity contribution in [3.05, 3.63) is 88.0 Å². The van der Waals surface area contributed by atoms with Gasteiger partial charge in [0.05, 0.1) is 15.8 Å². The van der Waals surface area contributed by atoms with Crippen LogP contribution in [0.25, 0.3) is 10.4 Å². The summed E-state index contributed by atoms with van der Waals surface area (Å²) in [6, 6.07) is 13.6. The maximum atomic E-state index is 13.0. The molecule has 4 nitrogen and oxygen atoms in total. The Morgan fingerprint density at radius 1 is 1.07 bits per heavy atom. The van der Waals surface area contributed by atoms with Gasteiger partial charge in [-0.3, -0.25) is 9.78 Å². The number of hydrogen-bond acceptors (Lipinski definition) is 5. The number of aromatic nitrogens is 2. The van der Waals surface area contributed by atoms with Crippen molar-refractivity contribution in [3.8, 4) is 10.4 Å². The Balaban J connectivity index is 1.59. The van der Waals surface area contributed by atoms with Gasteiger partial charge >= 0.3 is 0 Å². The molecule has 0 aliphatic rings. The van der Waals surface area contributed by atoms with Crippen molar-refractivity contribution < 1.29 is 4.79 Å². The maximum Gasteiger partial charge on any atom is 0.238 e. The summed E-state index contributed by atoms with van der Waals surface area (Å²) in [6.45, 7) is 0. The van der Waals surface area contributed by atoms with Crippen molar-refractivity contribution in [3.63, 3.8) is 0 Å². The molecule has 1 unspecified atom stereocenters. The first kappa shape index (κ1) is 17.9. The van der Waals surface area contributed by atoms with E-state index in [0.717, 1.165) is 21.6 Å². The lowest BCUT2D eigenvalue weighted by Crippen LogP contribution is -2.21. The lowest BCUT2D eigenvalue weighted by Gasteiger charge is -2.15. The molecule has 1 amide bonds. The third-order valence-electron chi connectivity index (χ3n) is 4.00. The zero-order valence-electron chi connectivity index (χ0n) is 14.0. The van der Waals surface area contributed by atoms with Crippen LogP contribution >= 0.6 is 34.3 Å². The van der Waals surface area contributed by atoms with Gasteiger partial charge in [0.15, 0.2) is 5.13 Å². The fraction of sp³-hybridized carbons (Fsp3) is 0.0500. The molecule has 0 aliphatic heterocycles. The molecule has 0 spiro atoms. The van der Waals surface area contributed by atoms with Gasteiger partial charge < -0.3 is 5.32 Å². The number of pyridine rings is 1. The van der Waals surface area contributed by atoms with Gasteiger partial charge in [0.2, 0.25) is 5.91 Å². The van der Waals surface area contributed by atoms with Crippen molar-refractivity contribution in [2.24, 2.45) is 0 Å². The van der Waals surface area contributed by atoms with Gasteiger partial charge in [0.25, 0.3) is 0 Å². The number of nitrogens with zero attached hydrogens (tertiary/aromatic N) is 2. The largest absolute Gasteiger partial charge is 0.301 e. The normalized spacial score (nSPS) is 11.9. The van der Waals surface area contributed by atoms with E-state index in [-0.39, 0.29) is 11.8 Å². The van der Waals surface area contributed by atoms with Crippen LogP contribution in [0.2, 0.25) is 5.02 Å². The Kier molecular flexibility index (Phi) is 5.29. The average molecular weight is 412 g/mol. The Morgan fingerprint density at radius 3 is 2.67 bits per heavy atom. The Labute approximate surface area is 169 Å². The zero-order valence-corrected chi connectivity index (χ0v) is 16.4. The van der Waals surface area contributed by atoms with Gasteiger partial charge in [-0.15, -0.1) is 0 Å². The summed E-state index contributed by atoms with van der Waals surface area (Å²) in [6.07, 6.45) is 5.03. The molecule has 7 heteroatoms. The quantitative estimate of drug-likeness (QED) is 0.459. The Morgan fingerprint density at radius 2 is 1.93 bits per heavy atom. The van der Waals surface area contributed by atoms with Crippen LogP contribution in [-0.4, -0.2) is 15.9 Å². The predicted octanol–water partition coefficient (Wildman–Crippen LogP) is 5.69. The number of rotatable bonds is 5. The standard InChI is InChI=1S/C20H14ClN3OS2/c21-16-8-15(9-22-10-16)17-11-23-20(27-17)24-19(25)18(14-6-7-26-12-14)13-4-2-1-3-5-13/h1-12,18H,(H,23,24,25). The minimum atomic E-state index is -0.377. The third-order valence-corrected chi connectivity index (χ3v) is 5.87. The molecule has 1 N–H and O–H groups in total. The molecular weight excluding hydrogens is 398 g/mol. The lowest BCUT2D eigenvalue weighted by molar-refractivity contribution is -0.116. The van der Waals surface area contributed by atoms with Crippen molar-refractivity contribution in [2.45, 2.75) is 5.92 Å². The predicted molar refractivity (Wildman–Crippen MR) is 112 cm³/mol. The second-order valence-electron chi connectivity index (χ2n) is 5.81. The number of anilines is 1. The molecule has 134 valence electrons. The van der Waals surface area contributed by atoms with Gasteiger partial charge in [-0.1, -0.05) is 53.3 Å². The third kappa shape index (κ3) is 4.08. The van der Waals surface area contributed by atoms with Crippen LogP contribution in [-0.2, 0) is 4.79 Å². The first-order chi connectivity index (χ1) is 13.2. The van der Waals surface area contributed by atoms with Crippen LogP contribution in [0.3, 0.4) is 0 Å². The van der Waals surface area contributed by atoms with E-state index in [4.69, 9.17) is 11.6 Å². The highest BCUT2D eigenvalue weighted by Gasteiger charge is 2.24. The molecule has 27 heavy (non-hydrogen) atoms. The maximum absolute atomic E-state index is 13.0. The number of carbonyl (C=O) groups is 1. The Bertz CT molecular complexity index is 1050. The summed E-state index contributed by atoms with van der Waals surface area (Å²) in [4.78, 5) is 22.4. The number of halogens is 1. The monoisotopic (exact) mass is 411 g/mol. The minimum absolute atomic E-state index is 0.107. The highest BCUT2D eigenvalue weighted by molar-refractivity contribution is 7.19. The molecule has 0 radical (unpaired) electrons. The zero-order chi connectivity index (χ0) is 18.6. The minimum Gasteiger partial charge on any atom is -0.301 e. The molecule has 0 aliphatic carbocycles.